The van der Waals surface area contributed by atoms with Gasteiger partial charge in [0.1, 0.15) is 12.4 Å². The molecule has 1 fully saturated rings. The number of nitrogens with one attached hydrogen (secondary N) is 1. The Morgan fingerprint density at radius 2 is 2.21 bits per heavy atom. The van der Waals surface area contributed by atoms with Gasteiger partial charge in [0.15, 0.2) is 0 Å². The Balaban J connectivity index is 1.52. The lowest BCUT2D eigenvalue weighted by Crippen LogP contribution is -2.46. The first-order valence-electron chi connectivity index (χ1n) is 8.49. The molecule has 24 heavy (non-hydrogen) atoms. The van der Waals surface area contributed by atoms with E-state index < -0.39 is 0 Å². The van der Waals surface area contributed by atoms with Gasteiger partial charge in [0.25, 0.3) is 5.91 Å². The van der Waals surface area contributed by atoms with Crippen LogP contribution >= 0.6 is 0 Å². The summed E-state index contributed by atoms with van der Waals surface area (Å²) in [5, 5.41) is 3.39. The van der Waals surface area contributed by atoms with Crippen LogP contribution in [0.15, 0.2) is 42.6 Å². The highest BCUT2D eigenvalue weighted by atomic mass is 16.5. The Bertz CT molecular complexity index is 727. The van der Waals surface area contributed by atoms with Gasteiger partial charge in [-0.25, -0.2) is 0 Å². The molecule has 1 N–H and O–H groups in total. The largest absolute Gasteiger partial charge is 0.487 e. The molecule has 2 aliphatic heterocycles. The fourth-order valence-corrected chi connectivity index (χ4v) is 3.49. The van der Waals surface area contributed by atoms with Crippen LogP contribution < -0.4 is 10.1 Å². The van der Waals surface area contributed by atoms with Crippen molar-refractivity contribution < 1.29 is 9.53 Å². The molecule has 1 aromatic carbocycles. The minimum absolute atomic E-state index is 0.127. The molecule has 0 radical (unpaired) electrons. The number of rotatable bonds is 4. The second-order valence-electron chi connectivity index (χ2n) is 6.33. The molecule has 1 atom stereocenters. The number of pyridine rings is 1. The van der Waals surface area contributed by atoms with Crippen molar-refractivity contribution in [3.05, 3.63) is 59.4 Å². The summed E-state index contributed by atoms with van der Waals surface area (Å²) >= 11 is 0. The van der Waals surface area contributed by atoms with Gasteiger partial charge in [0.2, 0.25) is 0 Å². The van der Waals surface area contributed by atoms with Crippen LogP contribution in [0.1, 0.15) is 34.5 Å². The van der Waals surface area contributed by atoms with Crippen molar-refractivity contribution in [3.8, 4) is 5.75 Å². The zero-order valence-electron chi connectivity index (χ0n) is 13.6. The van der Waals surface area contributed by atoms with E-state index in [1.165, 1.54) is 0 Å². The first kappa shape index (κ1) is 15.1. The van der Waals surface area contributed by atoms with E-state index in [-0.39, 0.29) is 11.9 Å². The summed E-state index contributed by atoms with van der Waals surface area (Å²) in [5.41, 5.74) is 2.66. The Kier molecular flexibility index (Phi) is 4.17. The molecule has 3 heterocycles. The van der Waals surface area contributed by atoms with Gasteiger partial charge in [-0.2, -0.15) is 0 Å². The quantitative estimate of drug-likeness (QED) is 0.938. The van der Waals surface area contributed by atoms with Crippen LogP contribution in [0.3, 0.4) is 0 Å². The van der Waals surface area contributed by atoms with Crippen LogP contribution in [-0.2, 0) is 13.2 Å². The fourth-order valence-electron chi connectivity index (χ4n) is 3.49. The summed E-state index contributed by atoms with van der Waals surface area (Å²) in [6, 6.07) is 11.8. The van der Waals surface area contributed by atoms with E-state index in [2.05, 4.69) is 10.3 Å². The first-order valence-corrected chi connectivity index (χ1v) is 8.49. The van der Waals surface area contributed by atoms with Crippen LogP contribution in [0.25, 0.3) is 0 Å². The van der Waals surface area contributed by atoms with Gasteiger partial charge in [0, 0.05) is 29.9 Å². The molecule has 5 nitrogen and oxygen atoms in total. The lowest BCUT2D eigenvalue weighted by molar-refractivity contribution is 0.0674. The number of ether oxygens (including phenoxy) is 1. The van der Waals surface area contributed by atoms with E-state index in [1.807, 2.05) is 41.3 Å². The Morgan fingerprint density at radius 1 is 1.25 bits per heavy atom. The Labute approximate surface area is 141 Å². The number of carbonyl (C=O) groups excluding carboxylic acids is 1. The highest BCUT2D eigenvalue weighted by Crippen LogP contribution is 2.33. The van der Waals surface area contributed by atoms with Crippen LogP contribution in [0.2, 0.25) is 0 Å². The van der Waals surface area contributed by atoms with Crippen molar-refractivity contribution in [1.29, 1.82) is 0 Å². The highest BCUT2D eigenvalue weighted by Gasteiger charge is 2.34. The lowest BCUT2D eigenvalue weighted by Gasteiger charge is -2.31. The van der Waals surface area contributed by atoms with Gasteiger partial charge < -0.3 is 15.0 Å². The van der Waals surface area contributed by atoms with Crippen molar-refractivity contribution in [3.63, 3.8) is 0 Å². The number of aromatic nitrogens is 1. The third kappa shape index (κ3) is 2.87. The molecule has 124 valence electrons. The van der Waals surface area contributed by atoms with Gasteiger partial charge in [-0.3, -0.25) is 9.78 Å². The Hall–Kier alpha value is -2.40. The number of benzene rings is 1. The molecule has 4 rings (SSSR count). The molecule has 1 unspecified atom stereocenters. The van der Waals surface area contributed by atoms with E-state index in [1.54, 1.807) is 6.20 Å². The standard InChI is InChI=1S/C19H21N3O2/c23-19-16-7-3-8-18(24-13-14-5-1-2-10-21-14)17(16)12-22(19)15-6-4-9-20-11-15/h1-3,5,7-8,10,15,20H,4,6,9,11-13H2. The summed E-state index contributed by atoms with van der Waals surface area (Å²) in [5.74, 6) is 0.916. The van der Waals surface area contributed by atoms with Crippen molar-refractivity contribution in [2.75, 3.05) is 13.1 Å². The summed E-state index contributed by atoms with van der Waals surface area (Å²) in [6.07, 6.45) is 3.94. The van der Waals surface area contributed by atoms with Crippen molar-refractivity contribution in [1.82, 2.24) is 15.2 Å². The van der Waals surface area contributed by atoms with Crippen LogP contribution in [0, 0.1) is 0 Å². The monoisotopic (exact) mass is 323 g/mol. The molecular weight excluding hydrogens is 302 g/mol. The zero-order chi connectivity index (χ0) is 16.4. The molecule has 1 aromatic heterocycles. The maximum absolute atomic E-state index is 12.8. The molecule has 0 saturated carbocycles. The average molecular weight is 323 g/mol. The maximum atomic E-state index is 12.8. The molecule has 0 bridgehead atoms. The second kappa shape index (κ2) is 6.61. The zero-order valence-corrected chi connectivity index (χ0v) is 13.6. The molecule has 1 saturated heterocycles. The number of amides is 1. The van der Waals surface area contributed by atoms with Gasteiger partial charge in [-0.1, -0.05) is 12.1 Å². The molecule has 0 spiro atoms. The predicted molar refractivity (Wildman–Crippen MR) is 90.8 cm³/mol. The molecule has 0 aliphatic carbocycles. The SMILES string of the molecule is O=C1c2cccc(OCc3ccccn3)c2CN1C1CCCNC1. The normalized spacial score (nSPS) is 20.1. The van der Waals surface area contributed by atoms with E-state index in [0.29, 0.717) is 13.2 Å². The fraction of sp³-hybridized carbons (Fsp3) is 0.368. The van der Waals surface area contributed by atoms with Gasteiger partial charge >= 0.3 is 0 Å². The summed E-state index contributed by atoms with van der Waals surface area (Å²) in [6.45, 7) is 2.98. The minimum Gasteiger partial charge on any atom is -0.487 e. The smallest absolute Gasteiger partial charge is 0.254 e. The second-order valence-corrected chi connectivity index (χ2v) is 6.33. The van der Waals surface area contributed by atoms with E-state index in [0.717, 1.165) is 48.5 Å². The number of hydrogen-bond acceptors (Lipinski definition) is 4. The summed E-state index contributed by atoms with van der Waals surface area (Å²) in [4.78, 5) is 19.0. The Morgan fingerprint density at radius 3 is 3.00 bits per heavy atom. The summed E-state index contributed by atoms with van der Waals surface area (Å²) < 4.78 is 5.96. The first-order chi connectivity index (χ1) is 11.8. The van der Waals surface area contributed by atoms with E-state index in [4.69, 9.17) is 4.74 Å². The predicted octanol–water partition coefficient (Wildman–Crippen LogP) is 2.37. The number of hydrogen-bond donors (Lipinski definition) is 1. The van der Waals surface area contributed by atoms with Crippen molar-refractivity contribution >= 4 is 5.91 Å². The number of carbonyl (C=O) groups is 1. The summed E-state index contributed by atoms with van der Waals surface area (Å²) in [7, 11) is 0. The topological polar surface area (TPSA) is 54.5 Å². The molecule has 5 heteroatoms. The van der Waals surface area contributed by atoms with Crippen molar-refractivity contribution in [2.24, 2.45) is 0 Å². The third-order valence-electron chi connectivity index (χ3n) is 4.77. The average Bonchev–Trinajstić information content (AvgIpc) is 2.99. The lowest BCUT2D eigenvalue weighted by atomic mass is 10.1. The number of piperidine rings is 1. The number of nitrogens with zero attached hydrogens (tertiary/aromatic N) is 2. The third-order valence-corrected chi connectivity index (χ3v) is 4.77. The van der Waals surface area contributed by atoms with E-state index in [9.17, 15) is 4.79 Å². The van der Waals surface area contributed by atoms with Crippen LogP contribution in [-0.4, -0.2) is 34.9 Å². The van der Waals surface area contributed by atoms with Crippen LogP contribution in [0.5, 0.6) is 5.75 Å². The van der Waals surface area contributed by atoms with Gasteiger partial charge in [-0.05, 0) is 43.7 Å². The molecular formula is C19H21N3O2. The van der Waals surface area contributed by atoms with Crippen LogP contribution in [0.4, 0.5) is 0 Å². The maximum Gasteiger partial charge on any atom is 0.254 e. The van der Waals surface area contributed by atoms with Crippen molar-refractivity contribution in [2.45, 2.75) is 32.0 Å². The molecule has 1 amide bonds. The van der Waals surface area contributed by atoms with Gasteiger partial charge in [0.05, 0.1) is 12.2 Å². The van der Waals surface area contributed by atoms with Gasteiger partial charge in [-0.15, -0.1) is 0 Å². The minimum atomic E-state index is 0.127. The molecule has 2 aromatic rings. The highest BCUT2D eigenvalue weighted by molar-refractivity contribution is 5.99. The van der Waals surface area contributed by atoms with E-state index >= 15 is 0 Å². The molecule has 2 aliphatic rings. The number of fused-ring (bicyclic) bond motifs is 1.